The molecule has 0 fully saturated rings. The third-order valence-electron chi connectivity index (χ3n) is 1.03. The van der Waals surface area contributed by atoms with E-state index in [4.69, 9.17) is 0 Å². The third-order valence-corrected chi connectivity index (χ3v) is 1.03. The van der Waals surface area contributed by atoms with Gasteiger partial charge in [0.15, 0.2) is 0 Å². The van der Waals surface area contributed by atoms with Crippen molar-refractivity contribution in [3.8, 4) is 0 Å². The molecule has 5 nitrogen and oxygen atoms in total. The standard InChI is InChI=1S/C4H3F3N4O/c5-4(6,7)3-8-9-10-11(3)1-2-12/h2H,1H2. The minimum absolute atomic E-state index is 0.283. The summed E-state index contributed by atoms with van der Waals surface area (Å²) in [6, 6.07) is 0. The summed E-state index contributed by atoms with van der Waals surface area (Å²) in [5.41, 5.74) is 0. The molecule has 0 saturated carbocycles. The zero-order valence-corrected chi connectivity index (χ0v) is 5.62. The molecule has 1 aromatic rings. The highest BCUT2D eigenvalue weighted by Crippen LogP contribution is 2.26. The molecular weight excluding hydrogens is 177 g/mol. The molecule has 66 valence electrons. The summed E-state index contributed by atoms with van der Waals surface area (Å²) >= 11 is 0. The number of hydrogen-bond donors (Lipinski definition) is 0. The zero-order chi connectivity index (χ0) is 9.19. The number of hydrogen-bond acceptors (Lipinski definition) is 4. The summed E-state index contributed by atoms with van der Waals surface area (Å²) in [6.07, 6.45) is -4.34. The first kappa shape index (κ1) is 8.62. The Balaban J connectivity index is 2.99. The number of carbonyl (C=O) groups excluding carboxylic acids is 1. The molecule has 0 atom stereocenters. The lowest BCUT2D eigenvalue weighted by Crippen LogP contribution is -2.16. The third kappa shape index (κ3) is 1.57. The van der Waals surface area contributed by atoms with E-state index in [0.29, 0.717) is 4.68 Å². The van der Waals surface area contributed by atoms with Crippen molar-refractivity contribution in [2.45, 2.75) is 12.7 Å². The van der Waals surface area contributed by atoms with Crippen LogP contribution in [-0.2, 0) is 17.5 Å². The van der Waals surface area contributed by atoms with Crippen LogP contribution in [0.3, 0.4) is 0 Å². The van der Waals surface area contributed by atoms with Crippen LogP contribution in [0, 0.1) is 0 Å². The monoisotopic (exact) mass is 180 g/mol. The molecule has 1 aromatic heterocycles. The predicted octanol–water partition coefficient (Wildman–Crippen LogP) is -0.109. The maximum absolute atomic E-state index is 11.9. The number of tetrazole rings is 1. The Morgan fingerprint density at radius 1 is 1.50 bits per heavy atom. The number of halogens is 3. The Bertz CT molecular complexity index is 280. The highest BCUT2D eigenvalue weighted by Gasteiger charge is 2.37. The number of aldehydes is 1. The molecule has 8 heteroatoms. The van der Waals surface area contributed by atoms with Crippen LogP contribution in [0.15, 0.2) is 0 Å². The van der Waals surface area contributed by atoms with Gasteiger partial charge < -0.3 is 4.79 Å². The summed E-state index contributed by atoms with van der Waals surface area (Å²) in [5.74, 6) is -1.27. The van der Waals surface area contributed by atoms with Crippen molar-refractivity contribution in [1.82, 2.24) is 20.2 Å². The maximum Gasteiger partial charge on any atom is 0.453 e. The van der Waals surface area contributed by atoms with Gasteiger partial charge in [-0.2, -0.15) is 13.2 Å². The van der Waals surface area contributed by atoms with Crippen LogP contribution in [0.25, 0.3) is 0 Å². The quantitative estimate of drug-likeness (QED) is 0.596. The van der Waals surface area contributed by atoms with E-state index in [-0.39, 0.29) is 6.29 Å². The van der Waals surface area contributed by atoms with Gasteiger partial charge in [-0.25, -0.2) is 4.68 Å². The molecular formula is C4H3F3N4O. The minimum atomic E-state index is -4.62. The Morgan fingerprint density at radius 3 is 2.67 bits per heavy atom. The van der Waals surface area contributed by atoms with E-state index in [9.17, 15) is 18.0 Å². The second-order valence-electron chi connectivity index (χ2n) is 1.85. The summed E-state index contributed by atoms with van der Waals surface area (Å²) in [4.78, 5) is 9.87. The van der Waals surface area contributed by atoms with Gasteiger partial charge in [0, 0.05) is 0 Å². The van der Waals surface area contributed by atoms with Crippen LogP contribution in [0.1, 0.15) is 5.82 Å². The van der Waals surface area contributed by atoms with Crippen molar-refractivity contribution < 1.29 is 18.0 Å². The van der Waals surface area contributed by atoms with Crippen LogP contribution >= 0.6 is 0 Å². The fourth-order valence-electron chi connectivity index (χ4n) is 0.601. The van der Waals surface area contributed by atoms with Crippen molar-refractivity contribution in [2.75, 3.05) is 0 Å². The molecule has 0 spiro atoms. The van der Waals surface area contributed by atoms with E-state index in [1.54, 1.807) is 0 Å². The van der Waals surface area contributed by atoms with Gasteiger partial charge in [-0.3, -0.25) is 0 Å². The van der Waals surface area contributed by atoms with Crippen LogP contribution in [-0.4, -0.2) is 26.5 Å². The number of rotatable bonds is 2. The fourth-order valence-corrected chi connectivity index (χ4v) is 0.601. The van der Waals surface area contributed by atoms with Crippen molar-refractivity contribution >= 4 is 6.29 Å². The first-order chi connectivity index (χ1) is 5.55. The highest BCUT2D eigenvalue weighted by molar-refractivity contribution is 5.48. The smallest absolute Gasteiger partial charge is 0.301 e. The Labute approximate surface area is 64.2 Å². The van der Waals surface area contributed by atoms with E-state index >= 15 is 0 Å². The maximum atomic E-state index is 11.9. The second-order valence-corrected chi connectivity index (χ2v) is 1.85. The average Bonchev–Trinajstić information content (AvgIpc) is 2.34. The highest BCUT2D eigenvalue weighted by atomic mass is 19.4. The van der Waals surface area contributed by atoms with Gasteiger partial charge in [-0.05, 0) is 10.4 Å². The Morgan fingerprint density at radius 2 is 2.17 bits per heavy atom. The molecule has 0 saturated heterocycles. The molecule has 1 heterocycles. The first-order valence-electron chi connectivity index (χ1n) is 2.82. The van der Waals surface area contributed by atoms with Crippen LogP contribution in [0.4, 0.5) is 13.2 Å². The van der Waals surface area contributed by atoms with Gasteiger partial charge >= 0.3 is 6.18 Å². The lowest BCUT2D eigenvalue weighted by Gasteiger charge is -2.03. The lowest BCUT2D eigenvalue weighted by molar-refractivity contribution is -0.148. The SMILES string of the molecule is O=CCn1nnnc1C(F)(F)F. The molecule has 0 aliphatic carbocycles. The largest absolute Gasteiger partial charge is 0.453 e. The molecule has 0 aliphatic rings. The topological polar surface area (TPSA) is 60.7 Å². The summed E-state index contributed by atoms with van der Waals surface area (Å²) < 4.78 is 36.2. The van der Waals surface area contributed by atoms with Crippen LogP contribution in [0.2, 0.25) is 0 Å². The van der Waals surface area contributed by atoms with Gasteiger partial charge in [0.2, 0.25) is 0 Å². The number of carbonyl (C=O) groups is 1. The van der Waals surface area contributed by atoms with Gasteiger partial charge in [0.05, 0.1) is 0 Å². The van der Waals surface area contributed by atoms with Crippen molar-refractivity contribution in [1.29, 1.82) is 0 Å². The van der Waals surface area contributed by atoms with Gasteiger partial charge in [-0.1, -0.05) is 0 Å². The normalized spacial score (nSPS) is 11.6. The summed E-state index contributed by atoms with van der Waals surface area (Å²) in [6.45, 7) is -0.498. The van der Waals surface area contributed by atoms with E-state index < -0.39 is 18.5 Å². The van der Waals surface area contributed by atoms with Gasteiger partial charge in [-0.15, -0.1) is 5.10 Å². The Hall–Kier alpha value is -1.47. The van der Waals surface area contributed by atoms with E-state index in [0.717, 1.165) is 0 Å². The summed E-state index contributed by atoms with van der Waals surface area (Å²) in [7, 11) is 0. The van der Waals surface area contributed by atoms with E-state index in [1.165, 1.54) is 0 Å². The molecule has 12 heavy (non-hydrogen) atoms. The number of alkyl halides is 3. The first-order valence-corrected chi connectivity index (χ1v) is 2.82. The Kier molecular flexibility index (Phi) is 2.07. The number of nitrogens with zero attached hydrogens (tertiary/aromatic N) is 4. The summed E-state index contributed by atoms with van der Waals surface area (Å²) in [5, 5.41) is 8.49. The number of aromatic nitrogens is 4. The van der Waals surface area contributed by atoms with Gasteiger partial charge in [0.1, 0.15) is 12.8 Å². The van der Waals surface area contributed by atoms with Crippen molar-refractivity contribution in [2.24, 2.45) is 0 Å². The van der Waals surface area contributed by atoms with E-state index in [1.807, 2.05) is 0 Å². The van der Waals surface area contributed by atoms with E-state index in [2.05, 4.69) is 15.5 Å². The van der Waals surface area contributed by atoms with Gasteiger partial charge in [0.25, 0.3) is 5.82 Å². The molecule has 0 unspecified atom stereocenters. The average molecular weight is 180 g/mol. The molecule has 0 radical (unpaired) electrons. The molecule has 0 amide bonds. The second kappa shape index (κ2) is 2.88. The molecule has 0 aliphatic heterocycles. The molecule has 0 bridgehead atoms. The minimum Gasteiger partial charge on any atom is -0.301 e. The zero-order valence-electron chi connectivity index (χ0n) is 5.62. The van der Waals surface area contributed by atoms with Crippen LogP contribution in [0.5, 0.6) is 0 Å². The van der Waals surface area contributed by atoms with Crippen LogP contribution < -0.4 is 0 Å². The molecule has 0 aromatic carbocycles. The molecule has 1 rings (SSSR count). The molecule has 0 N–H and O–H groups in total. The van der Waals surface area contributed by atoms with Crippen molar-refractivity contribution in [3.63, 3.8) is 0 Å². The lowest BCUT2D eigenvalue weighted by atomic mass is 10.6. The predicted molar refractivity (Wildman–Crippen MR) is 28.9 cm³/mol. The van der Waals surface area contributed by atoms with Crippen molar-refractivity contribution in [3.05, 3.63) is 5.82 Å². The fraction of sp³-hybridized carbons (Fsp3) is 0.500.